The normalized spacial score (nSPS) is 13.5. The lowest BCUT2D eigenvalue weighted by Crippen LogP contribution is -2.44. The molecule has 0 spiro atoms. The first-order chi connectivity index (χ1) is 7.31. The summed E-state index contributed by atoms with van der Waals surface area (Å²) in [6.45, 7) is 5.92. The third kappa shape index (κ3) is 3.51. The highest BCUT2D eigenvalue weighted by Crippen LogP contribution is 2.24. The zero-order valence-electron chi connectivity index (χ0n) is 9.75. The highest BCUT2D eigenvalue weighted by atomic mass is 35.5. The molecule has 4 heteroatoms. The largest absolute Gasteiger partial charge is 0.368 e. The Hall–Kier alpha value is -1.06. The van der Waals surface area contributed by atoms with Crippen LogP contribution in [0.5, 0.6) is 0 Å². The van der Waals surface area contributed by atoms with Crippen LogP contribution in [-0.4, -0.2) is 11.4 Å². The summed E-state index contributed by atoms with van der Waals surface area (Å²) in [4.78, 5) is 11.4. The lowest BCUT2D eigenvalue weighted by atomic mass is 10.0. The summed E-state index contributed by atoms with van der Waals surface area (Å²) in [5, 5.41) is 3.70. The molecular weight excluding hydrogens is 224 g/mol. The molecule has 88 valence electrons. The summed E-state index contributed by atoms with van der Waals surface area (Å²) in [5.74, 6) is -0.428. The molecule has 0 aliphatic carbocycles. The number of nitrogens with one attached hydrogen (secondary N) is 1. The summed E-state index contributed by atoms with van der Waals surface area (Å²) >= 11 is 6.04. The minimum Gasteiger partial charge on any atom is -0.368 e. The number of hydrogen-bond donors (Lipinski definition) is 2. The van der Waals surface area contributed by atoms with E-state index in [0.717, 1.165) is 0 Å². The van der Waals surface area contributed by atoms with E-state index in [9.17, 15) is 4.79 Å². The number of primary amides is 1. The van der Waals surface area contributed by atoms with E-state index in [-0.39, 0.29) is 5.54 Å². The maximum atomic E-state index is 11.4. The predicted molar refractivity (Wildman–Crippen MR) is 66.3 cm³/mol. The topological polar surface area (TPSA) is 55.1 Å². The quantitative estimate of drug-likeness (QED) is 0.852. The maximum Gasteiger partial charge on any atom is 0.239 e. The molecule has 0 bridgehead atoms. The van der Waals surface area contributed by atoms with Crippen LogP contribution >= 0.6 is 11.6 Å². The van der Waals surface area contributed by atoms with Gasteiger partial charge in [-0.15, -0.1) is 0 Å². The first-order valence-corrected chi connectivity index (χ1v) is 5.50. The summed E-state index contributed by atoms with van der Waals surface area (Å²) in [5.41, 5.74) is 5.89. The average molecular weight is 241 g/mol. The highest BCUT2D eigenvalue weighted by Gasteiger charge is 2.24. The molecule has 16 heavy (non-hydrogen) atoms. The van der Waals surface area contributed by atoms with E-state index in [1.54, 1.807) is 12.1 Å². The van der Waals surface area contributed by atoms with E-state index in [4.69, 9.17) is 17.3 Å². The van der Waals surface area contributed by atoms with E-state index in [1.165, 1.54) is 0 Å². The van der Waals surface area contributed by atoms with Crippen molar-refractivity contribution in [3.63, 3.8) is 0 Å². The standard InChI is InChI=1S/C12H17ClN2O/c1-12(2,3)15-10(11(14)16)8-6-4-5-7-9(8)13/h4-7,10,15H,1-3H3,(H2,14,16)/t10-/m0/s1. The Morgan fingerprint density at radius 2 is 1.94 bits per heavy atom. The molecule has 1 atom stereocenters. The van der Waals surface area contributed by atoms with Crippen molar-refractivity contribution in [3.05, 3.63) is 34.9 Å². The molecule has 1 rings (SSSR count). The van der Waals surface area contributed by atoms with E-state index >= 15 is 0 Å². The number of hydrogen-bond acceptors (Lipinski definition) is 2. The second-order valence-corrected chi connectivity index (χ2v) is 5.16. The molecule has 0 radical (unpaired) electrons. The zero-order valence-corrected chi connectivity index (χ0v) is 10.5. The van der Waals surface area contributed by atoms with Gasteiger partial charge in [0.15, 0.2) is 0 Å². The van der Waals surface area contributed by atoms with Crippen LogP contribution in [0.15, 0.2) is 24.3 Å². The van der Waals surface area contributed by atoms with Crippen molar-refractivity contribution in [1.29, 1.82) is 0 Å². The van der Waals surface area contributed by atoms with Crippen LogP contribution in [0.1, 0.15) is 32.4 Å². The maximum absolute atomic E-state index is 11.4. The van der Waals surface area contributed by atoms with E-state index in [2.05, 4.69) is 5.32 Å². The van der Waals surface area contributed by atoms with Crippen LogP contribution in [0.4, 0.5) is 0 Å². The number of rotatable bonds is 3. The van der Waals surface area contributed by atoms with Crippen molar-refractivity contribution in [1.82, 2.24) is 5.32 Å². The molecule has 1 aromatic rings. The van der Waals surface area contributed by atoms with Crippen LogP contribution in [0.2, 0.25) is 5.02 Å². The number of carbonyl (C=O) groups is 1. The molecule has 0 aliphatic heterocycles. The van der Waals surface area contributed by atoms with Gasteiger partial charge in [0.2, 0.25) is 5.91 Å². The Bertz CT molecular complexity index is 385. The van der Waals surface area contributed by atoms with Gasteiger partial charge in [-0.3, -0.25) is 10.1 Å². The van der Waals surface area contributed by atoms with Crippen molar-refractivity contribution in [3.8, 4) is 0 Å². The minimum atomic E-state index is -0.561. The Morgan fingerprint density at radius 3 is 2.38 bits per heavy atom. The van der Waals surface area contributed by atoms with E-state index in [0.29, 0.717) is 10.6 Å². The average Bonchev–Trinajstić information content (AvgIpc) is 2.13. The van der Waals surface area contributed by atoms with Gasteiger partial charge in [-0.25, -0.2) is 0 Å². The van der Waals surface area contributed by atoms with Gasteiger partial charge in [0.25, 0.3) is 0 Å². The first kappa shape index (κ1) is 13.0. The predicted octanol–water partition coefficient (Wildman–Crippen LogP) is 2.25. The molecule has 1 amide bonds. The molecule has 1 aromatic carbocycles. The minimum absolute atomic E-state index is 0.209. The van der Waals surface area contributed by atoms with Crippen molar-refractivity contribution in [2.24, 2.45) is 5.73 Å². The third-order valence-corrected chi connectivity index (χ3v) is 2.42. The molecule has 0 saturated heterocycles. The molecule has 3 N–H and O–H groups in total. The van der Waals surface area contributed by atoms with Gasteiger partial charge < -0.3 is 5.73 Å². The van der Waals surface area contributed by atoms with Gasteiger partial charge in [-0.1, -0.05) is 29.8 Å². The summed E-state index contributed by atoms with van der Waals surface area (Å²) in [6, 6.07) is 6.64. The smallest absolute Gasteiger partial charge is 0.239 e. The van der Waals surface area contributed by atoms with Crippen molar-refractivity contribution < 1.29 is 4.79 Å². The lowest BCUT2D eigenvalue weighted by molar-refractivity contribution is -0.120. The Labute approximate surface area is 101 Å². The summed E-state index contributed by atoms with van der Waals surface area (Å²) in [6.07, 6.45) is 0. The van der Waals surface area contributed by atoms with Crippen molar-refractivity contribution in [2.75, 3.05) is 0 Å². The van der Waals surface area contributed by atoms with Gasteiger partial charge >= 0.3 is 0 Å². The van der Waals surface area contributed by atoms with Gasteiger partial charge in [-0.2, -0.15) is 0 Å². The molecule has 3 nitrogen and oxygen atoms in total. The van der Waals surface area contributed by atoms with Crippen LogP contribution in [0, 0.1) is 0 Å². The zero-order chi connectivity index (χ0) is 12.3. The lowest BCUT2D eigenvalue weighted by Gasteiger charge is -2.27. The number of amides is 1. The second-order valence-electron chi connectivity index (χ2n) is 4.75. The van der Waals surface area contributed by atoms with Crippen LogP contribution in [-0.2, 0) is 4.79 Å². The van der Waals surface area contributed by atoms with Gasteiger partial charge in [0, 0.05) is 10.6 Å². The molecule has 0 heterocycles. The number of carbonyl (C=O) groups excluding carboxylic acids is 1. The SMILES string of the molecule is CC(C)(C)N[C@H](C(N)=O)c1ccccc1Cl. The Morgan fingerprint density at radius 1 is 1.38 bits per heavy atom. The van der Waals surface area contributed by atoms with Crippen LogP contribution in [0.25, 0.3) is 0 Å². The Kier molecular flexibility index (Phi) is 3.94. The fourth-order valence-electron chi connectivity index (χ4n) is 1.44. The van der Waals surface area contributed by atoms with Gasteiger partial charge in [0.05, 0.1) is 0 Å². The molecule has 0 aromatic heterocycles. The molecule has 0 unspecified atom stereocenters. The molecular formula is C12H17ClN2O. The monoisotopic (exact) mass is 240 g/mol. The van der Waals surface area contributed by atoms with Crippen molar-refractivity contribution in [2.45, 2.75) is 32.4 Å². The summed E-state index contributed by atoms with van der Waals surface area (Å²) < 4.78 is 0. The number of nitrogens with two attached hydrogens (primary N) is 1. The highest BCUT2D eigenvalue weighted by molar-refractivity contribution is 6.31. The van der Waals surface area contributed by atoms with Crippen LogP contribution in [0.3, 0.4) is 0 Å². The van der Waals surface area contributed by atoms with Crippen LogP contribution < -0.4 is 11.1 Å². The molecule has 0 saturated carbocycles. The number of benzene rings is 1. The first-order valence-electron chi connectivity index (χ1n) is 5.13. The van der Waals surface area contributed by atoms with Crippen molar-refractivity contribution >= 4 is 17.5 Å². The van der Waals surface area contributed by atoms with Gasteiger partial charge in [-0.05, 0) is 32.4 Å². The molecule has 0 fully saturated rings. The summed E-state index contributed by atoms with van der Waals surface area (Å²) in [7, 11) is 0. The number of halogens is 1. The van der Waals surface area contributed by atoms with E-state index < -0.39 is 11.9 Å². The molecule has 0 aliphatic rings. The Balaban J connectivity index is 3.04. The fourth-order valence-corrected chi connectivity index (χ4v) is 1.69. The third-order valence-electron chi connectivity index (χ3n) is 2.08. The fraction of sp³-hybridized carbons (Fsp3) is 0.417. The van der Waals surface area contributed by atoms with E-state index in [1.807, 2.05) is 32.9 Å². The second kappa shape index (κ2) is 4.85. The van der Waals surface area contributed by atoms with Gasteiger partial charge in [0.1, 0.15) is 6.04 Å².